The van der Waals surface area contributed by atoms with Gasteiger partial charge in [0.2, 0.25) is 5.91 Å². The molecule has 3 heteroatoms. The zero-order valence-corrected chi connectivity index (χ0v) is 12.0. The van der Waals surface area contributed by atoms with Gasteiger partial charge in [-0.1, -0.05) is 25.7 Å². The fraction of sp³-hybridized carbons (Fsp3) is 0.938. The van der Waals surface area contributed by atoms with Crippen LogP contribution in [-0.4, -0.2) is 28.9 Å². The normalized spacial score (nSPS) is 36.3. The molecule has 1 saturated carbocycles. The van der Waals surface area contributed by atoms with E-state index in [1.54, 1.807) is 0 Å². The molecule has 2 aliphatic heterocycles. The minimum absolute atomic E-state index is 0.333. The first-order valence-electron chi connectivity index (χ1n) is 8.31. The van der Waals surface area contributed by atoms with Crippen LogP contribution in [0.3, 0.4) is 0 Å². The van der Waals surface area contributed by atoms with Crippen LogP contribution in [0.15, 0.2) is 0 Å². The van der Waals surface area contributed by atoms with Gasteiger partial charge in [0, 0.05) is 24.5 Å². The summed E-state index contributed by atoms with van der Waals surface area (Å²) in [4.78, 5) is 14.9. The number of rotatable bonds is 2. The van der Waals surface area contributed by atoms with E-state index < -0.39 is 0 Å². The Morgan fingerprint density at radius 2 is 1.53 bits per heavy atom. The second-order valence-electron chi connectivity index (χ2n) is 6.98. The molecule has 0 aromatic heterocycles. The molecular weight excluding hydrogens is 236 g/mol. The van der Waals surface area contributed by atoms with E-state index in [0.29, 0.717) is 30.0 Å². The number of hydrogen-bond donors (Lipinski definition) is 1. The first-order chi connectivity index (χ1) is 9.24. The molecule has 1 amide bonds. The van der Waals surface area contributed by atoms with Gasteiger partial charge < -0.3 is 10.6 Å². The number of amides is 1. The van der Waals surface area contributed by atoms with Crippen LogP contribution in [0, 0.1) is 5.92 Å². The molecule has 0 spiro atoms. The average Bonchev–Trinajstić information content (AvgIpc) is 2.58. The van der Waals surface area contributed by atoms with Crippen molar-refractivity contribution in [1.29, 1.82) is 0 Å². The number of piperidine rings is 1. The molecule has 1 aliphatic carbocycles. The van der Waals surface area contributed by atoms with E-state index in [4.69, 9.17) is 5.73 Å². The Balaban J connectivity index is 1.58. The maximum absolute atomic E-state index is 12.6. The maximum Gasteiger partial charge on any atom is 0.223 e. The topological polar surface area (TPSA) is 46.3 Å². The first kappa shape index (κ1) is 13.4. The molecule has 3 fully saturated rings. The van der Waals surface area contributed by atoms with Crippen molar-refractivity contribution in [1.82, 2.24) is 4.90 Å². The lowest BCUT2D eigenvalue weighted by Crippen LogP contribution is -2.50. The van der Waals surface area contributed by atoms with E-state index in [2.05, 4.69) is 4.90 Å². The Labute approximate surface area is 116 Å². The highest BCUT2D eigenvalue weighted by molar-refractivity contribution is 5.77. The largest absolute Gasteiger partial charge is 0.337 e. The van der Waals surface area contributed by atoms with Gasteiger partial charge in [-0.25, -0.2) is 0 Å². The minimum Gasteiger partial charge on any atom is -0.337 e. The summed E-state index contributed by atoms with van der Waals surface area (Å²) in [7, 11) is 0. The molecule has 3 nitrogen and oxygen atoms in total. The third-order valence-corrected chi connectivity index (χ3v) is 5.50. The van der Waals surface area contributed by atoms with Crippen molar-refractivity contribution in [3.05, 3.63) is 0 Å². The van der Waals surface area contributed by atoms with Crippen molar-refractivity contribution in [2.24, 2.45) is 11.7 Å². The Kier molecular flexibility index (Phi) is 4.11. The third kappa shape index (κ3) is 2.96. The summed E-state index contributed by atoms with van der Waals surface area (Å²) in [6.45, 7) is 0. The number of carbonyl (C=O) groups is 1. The fourth-order valence-corrected chi connectivity index (χ4v) is 4.55. The molecule has 2 saturated heterocycles. The Bertz CT molecular complexity index is 309. The average molecular weight is 264 g/mol. The van der Waals surface area contributed by atoms with Crippen molar-refractivity contribution in [3.63, 3.8) is 0 Å². The van der Waals surface area contributed by atoms with Crippen LogP contribution in [0.25, 0.3) is 0 Å². The lowest BCUT2D eigenvalue weighted by atomic mass is 9.93. The predicted octanol–water partition coefficient (Wildman–Crippen LogP) is 2.83. The predicted molar refractivity (Wildman–Crippen MR) is 76.7 cm³/mol. The quantitative estimate of drug-likeness (QED) is 0.780. The number of nitrogens with two attached hydrogens (primary N) is 1. The standard InChI is InChI=1S/C16H28N2O/c17-13-10-14-7-8-15(11-13)18(14)16(19)9-12-5-3-1-2-4-6-12/h12-15H,1-11,17H2. The fourth-order valence-electron chi connectivity index (χ4n) is 4.55. The van der Waals surface area contributed by atoms with Crippen LogP contribution in [0.4, 0.5) is 0 Å². The Morgan fingerprint density at radius 1 is 0.947 bits per heavy atom. The highest BCUT2D eigenvalue weighted by Gasteiger charge is 2.42. The van der Waals surface area contributed by atoms with Gasteiger partial charge in [-0.2, -0.15) is 0 Å². The van der Waals surface area contributed by atoms with Gasteiger partial charge in [0.1, 0.15) is 0 Å². The molecule has 2 heterocycles. The monoisotopic (exact) mass is 264 g/mol. The highest BCUT2D eigenvalue weighted by Crippen LogP contribution is 2.36. The van der Waals surface area contributed by atoms with E-state index in [0.717, 1.165) is 19.3 Å². The van der Waals surface area contributed by atoms with Gasteiger partial charge in [0.25, 0.3) is 0 Å². The minimum atomic E-state index is 0.333. The van der Waals surface area contributed by atoms with Crippen LogP contribution in [0.2, 0.25) is 0 Å². The van der Waals surface area contributed by atoms with Crippen LogP contribution in [0.5, 0.6) is 0 Å². The van der Waals surface area contributed by atoms with Crippen LogP contribution >= 0.6 is 0 Å². The number of hydrogen-bond acceptors (Lipinski definition) is 2. The van der Waals surface area contributed by atoms with Crippen molar-refractivity contribution >= 4 is 5.91 Å². The van der Waals surface area contributed by atoms with E-state index in [1.165, 1.54) is 51.4 Å². The molecule has 2 N–H and O–H groups in total. The van der Waals surface area contributed by atoms with Gasteiger partial charge in [0.15, 0.2) is 0 Å². The summed E-state index contributed by atoms with van der Waals surface area (Å²) in [5.41, 5.74) is 6.08. The summed E-state index contributed by atoms with van der Waals surface area (Å²) in [5.74, 6) is 1.09. The van der Waals surface area contributed by atoms with Gasteiger partial charge in [-0.05, 0) is 44.4 Å². The van der Waals surface area contributed by atoms with Crippen LogP contribution in [-0.2, 0) is 4.79 Å². The second-order valence-corrected chi connectivity index (χ2v) is 6.98. The lowest BCUT2D eigenvalue weighted by Gasteiger charge is -2.38. The zero-order chi connectivity index (χ0) is 13.2. The molecule has 0 aromatic carbocycles. The summed E-state index contributed by atoms with van der Waals surface area (Å²) < 4.78 is 0. The number of nitrogens with zero attached hydrogens (tertiary/aromatic N) is 1. The van der Waals surface area contributed by atoms with E-state index >= 15 is 0 Å². The van der Waals surface area contributed by atoms with Gasteiger partial charge in [-0.15, -0.1) is 0 Å². The molecule has 2 atom stereocenters. The smallest absolute Gasteiger partial charge is 0.223 e. The van der Waals surface area contributed by atoms with Crippen LogP contribution < -0.4 is 5.73 Å². The van der Waals surface area contributed by atoms with Crippen molar-refractivity contribution in [2.75, 3.05) is 0 Å². The highest BCUT2D eigenvalue weighted by atomic mass is 16.2. The lowest BCUT2D eigenvalue weighted by molar-refractivity contribution is -0.136. The van der Waals surface area contributed by atoms with Crippen molar-refractivity contribution in [2.45, 2.75) is 88.8 Å². The maximum atomic E-state index is 12.6. The van der Waals surface area contributed by atoms with Crippen LogP contribution in [0.1, 0.15) is 70.6 Å². The Morgan fingerprint density at radius 3 is 2.11 bits per heavy atom. The number of fused-ring (bicyclic) bond motifs is 2. The number of carbonyl (C=O) groups excluding carboxylic acids is 1. The molecule has 19 heavy (non-hydrogen) atoms. The SMILES string of the molecule is NC1CC2CCC(C1)N2C(=O)CC1CCCCCC1. The van der Waals surface area contributed by atoms with E-state index in [9.17, 15) is 4.79 Å². The summed E-state index contributed by atoms with van der Waals surface area (Å²) in [6.07, 6.45) is 13.2. The molecule has 0 radical (unpaired) electrons. The van der Waals surface area contributed by atoms with Crippen molar-refractivity contribution in [3.8, 4) is 0 Å². The zero-order valence-electron chi connectivity index (χ0n) is 12.0. The summed E-state index contributed by atoms with van der Waals surface area (Å²) in [6, 6.07) is 1.26. The molecule has 108 valence electrons. The Hall–Kier alpha value is -0.570. The van der Waals surface area contributed by atoms with Gasteiger partial charge in [-0.3, -0.25) is 4.79 Å². The van der Waals surface area contributed by atoms with E-state index in [1.807, 2.05) is 0 Å². The molecule has 2 unspecified atom stereocenters. The summed E-state index contributed by atoms with van der Waals surface area (Å²) >= 11 is 0. The van der Waals surface area contributed by atoms with Crippen molar-refractivity contribution < 1.29 is 4.79 Å². The van der Waals surface area contributed by atoms with E-state index in [-0.39, 0.29) is 0 Å². The van der Waals surface area contributed by atoms with Gasteiger partial charge >= 0.3 is 0 Å². The molecule has 3 rings (SSSR count). The molecule has 2 bridgehead atoms. The second kappa shape index (κ2) is 5.82. The third-order valence-electron chi connectivity index (χ3n) is 5.50. The summed E-state index contributed by atoms with van der Waals surface area (Å²) in [5, 5.41) is 0. The first-order valence-corrected chi connectivity index (χ1v) is 8.31. The molecule has 0 aromatic rings. The molecule has 3 aliphatic rings. The molecular formula is C16H28N2O. The van der Waals surface area contributed by atoms with Gasteiger partial charge in [0.05, 0.1) is 0 Å².